The summed E-state index contributed by atoms with van der Waals surface area (Å²) in [5, 5.41) is 7.95. The number of hydrogen-bond donors (Lipinski definition) is 1. The van der Waals surface area contributed by atoms with Gasteiger partial charge in [0, 0.05) is 42.2 Å². The minimum absolute atomic E-state index is 0.0630. The molecule has 0 amide bonds. The van der Waals surface area contributed by atoms with Gasteiger partial charge in [-0.2, -0.15) is 4.98 Å². The first-order chi connectivity index (χ1) is 14.5. The molecule has 4 aromatic rings. The average Bonchev–Trinajstić information content (AvgIpc) is 3.18. The minimum Gasteiger partial charge on any atom is -0.372 e. The first kappa shape index (κ1) is 19.8. The van der Waals surface area contributed by atoms with Crippen molar-refractivity contribution in [3.8, 4) is 11.1 Å². The van der Waals surface area contributed by atoms with Gasteiger partial charge in [-0.15, -0.1) is 0 Å². The summed E-state index contributed by atoms with van der Waals surface area (Å²) in [7, 11) is 1.78. The molecule has 1 aromatic carbocycles. The van der Waals surface area contributed by atoms with Gasteiger partial charge in [0.15, 0.2) is 0 Å². The van der Waals surface area contributed by atoms with E-state index in [1.54, 1.807) is 17.8 Å². The van der Waals surface area contributed by atoms with Crippen molar-refractivity contribution in [1.82, 2.24) is 19.7 Å². The predicted molar refractivity (Wildman–Crippen MR) is 115 cm³/mol. The summed E-state index contributed by atoms with van der Waals surface area (Å²) < 4.78 is 12.1. The molecule has 0 spiro atoms. The Labute approximate surface area is 173 Å². The highest BCUT2D eigenvalue weighted by Crippen LogP contribution is 2.27. The molecule has 0 unspecified atom stereocenters. The van der Waals surface area contributed by atoms with E-state index >= 15 is 0 Å². The topological polar surface area (TPSA) is 95.1 Å². The van der Waals surface area contributed by atoms with Crippen molar-refractivity contribution >= 4 is 22.5 Å². The third kappa shape index (κ3) is 3.81. The number of rotatable bonds is 6. The Morgan fingerprint density at radius 1 is 1.17 bits per heavy atom. The molecule has 3 heterocycles. The van der Waals surface area contributed by atoms with E-state index in [4.69, 9.17) is 9.26 Å². The number of fused-ring (bicyclic) bond motifs is 1. The standard InChI is InChI=1S/C22H23N5O3/c1-5-29-12-20-25-22(26-30-20)24-16-7-6-13(2)17(10-16)18-9-15-11-23-14(3)8-19(15)27(4)21(18)28/h6-11H,5,12H2,1-4H3,(H,24,26). The maximum absolute atomic E-state index is 13.1. The van der Waals surface area contributed by atoms with E-state index in [0.29, 0.717) is 24.0 Å². The lowest BCUT2D eigenvalue weighted by Crippen LogP contribution is -2.19. The third-order valence-corrected chi connectivity index (χ3v) is 4.93. The van der Waals surface area contributed by atoms with Crippen LogP contribution in [-0.4, -0.2) is 26.3 Å². The lowest BCUT2D eigenvalue weighted by molar-refractivity contribution is 0.109. The van der Waals surface area contributed by atoms with Crippen molar-refractivity contribution in [2.24, 2.45) is 7.05 Å². The van der Waals surface area contributed by atoms with E-state index in [0.717, 1.165) is 33.4 Å². The van der Waals surface area contributed by atoms with Crippen LogP contribution in [0.25, 0.3) is 22.0 Å². The fraction of sp³-hybridized carbons (Fsp3) is 0.273. The van der Waals surface area contributed by atoms with Gasteiger partial charge < -0.3 is 19.1 Å². The summed E-state index contributed by atoms with van der Waals surface area (Å²) in [6, 6.07) is 9.59. The number of ether oxygens (including phenoxy) is 1. The summed E-state index contributed by atoms with van der Waals surface area (Å²) in [6.07, 6.45) is 1.80. The second-order valence-corrected chi connectivity index (χ2v) is 7.11. The van der Waals surface area contributed by atoms with Crippen LogP contribution in [0.15, 0.2) is 45.8 Å². The van der Waals surface area contributed by atoms with Crippen LogP contribution < -0.4 is 10.9 Å². The summed E-state index contributed by atoms with van der Waals surface area (Å²) in [4.78, 5) is 21.7. The Morgan fingerprint density at radius 2 is 2.00 bits per heavy atom. The molecule has 8 nitrogen and oxygen atoms in total. The Hall–Kier alpha value is -3.52. The van der Waals surface area contributed by atoms with E-state index in [2.05, 4.69) is 20.4 Å². The van der Waals surface area contributed by atoms with Gasteiger partial charge in [0.1, 0.15) is 6.61 Å². The molecule has 1 N–H and O–H groups in total. The van der Waals surface area contributed by atoms with Gasteiger partial charge in [0.25, 0.3) is 17.4 Å². The fourth-order valence-electron chi connectivity index (χ4n) is 3.33. The smallest absolute Gasteiger partial charge is 0.267 e. The van der Waals surface area contributed by atoms with E-state index in [9.17, 15) is 4.79 Å². The van der Waals surface area contributed by atoms with Gasteiger partial charge in [-0.25, -0.2) is 0 Å². The number of nitrogens with zero attached hydrogens (tertiary/aromatic N) is 4. The Bertz CT molecular complexity index is 1280. The number of aryl methyl sites for hydroxylation is 3. The van der Waals surface area contributed by atoms with Crippen LogP contribution in [0.3, 0.4) is 0 Å². The van der Waals surface area contributed by atoms with Crippen LogP contribution in [0.5, 0.6) is 0 Å². The van der Waals surface area contributed by atoms with Crippen LogP contribution in [0.2, 0.25) is 0 Å². The molecule has 0 fully saturated rings. The Balaban J connectivity index is 1.72. The van der Waals surface area contributed by atoms with Crippen molar-refractivity contribution < 1.29 is 9.26 Å². The van der Waals surface area contributed by atoms with Gasteiger partial charge in [-0.3, -0.25) is 9.78 Å². The fourth-order valence-corrected chi connectivity index (χ4v) is 3.33. The number of aromatic nitrogens is 4. The van der Waals surface area contributed by atoms with E-state index < -0.39 is 0 Å². The van der Waals surface area contributed by atoms with Crippen LogP contribution in [0.4, 0.5) is 11.6 Å². The van der Waals surface area contributed by atoms with Gasteiger partial charge in [0.2, 0.25) is 0 Å². The monoisotopic (exact) mass is 405 g/mol. The van der Waals surface area contributed by atoms with Crippen LogP contribution in [0.1, 0.15) is 24.1 Å². The summed E-state index contributed by atoms with van der Waals surface area (Å²) >= 11 is 0. The molecule has 154 valence electrons. The second-order valence-electron chi connectivity index (χ2n) is 7.11. The maximum atomic E-state index is 13.1. The zero-order valence-corrected chi connectivity index (χ0v) is 17.4. The minimum atomic E-state index is -0.0630. The molecule has 3 aromatic heterocycles. The molecule has 0 radical (unpaired) electrons. The molecule has 0 saturated carbocycles. The highest BCUT2D eigenvalue weighted by molar-refractivity contribution is 5.85. The van der Waals surface area contributed by atoms with Crippen molar-refractivity contribution in [3.05, 3.63) is 64.0 Å². The van der Waals surface area contributed by atoms with Gasteiger partial charge in [0.05, 0.1) is 5.52 Å². The number of benzene rings is 1. The Morgan fingerprint density at radius 3 is 2.80 bits per heavy atom. The third-order valence-electron chi connectivity index (χ3n) is 4.93. The van der Waals surface area contributed by atoms with Crippen molar-refractivity contribution in [2.45, 2.75) is 27.4 Å². The summed E-state index contributed by atoms with van der Waals surface area (Å²) in [5.74, 6) is 0.739. The zero-order chi connectivity index (χ0) is 21.3. The first-order valence-corrected chi connectivity index (χ1v) is 9.71. The van der Waals surface area contributed by atoms with E-state index in [1.165, 1.54) is 0 Å². The van der Waals surface area contributed by atoms with Crippen molar-refractivity contribution in [1.29, 1.82) is 0 Å². The first-order valence-electron chi connectivity index (χ1n) is 9.71. The summed E-state index contributed by atoms with van der Waals surface area (Å²) in [5.41, 5.74) is 4.86. The molecule has 0 saturated heterocycles. The largest absolute Gasteiger partial charge is 0.372 e. The zero-order valence-electron chi connectivity index (χ0n) is 17.4. The highest BCUT2D eigenvalue weighted by atomic mass is 16.5. The second kappa shape index (κ2) is 8.08. The normalized spacial score (nSPS) is 11.2. The van der Waals surface area contributed by atoms with Gasteiger partial charge >= 0.3 is 0 Å². The number of hydrogen-bond acceptors (Lipinski definition) is 7. The average molecular weight is 405 g/mol. The van der Waals surface area contributed by atoms with E-state index in [-0.39, 0.29) is 12.2 Å². The highest BCUT2D eigenvalue weighted by Gasteiger charge is 2.13. The Kier molecular flexibility index (Phi) is 5.33. The quantitative estimate of drug-likeness (QED) is 0.520. The maximum Gasteiger partial charge on any atom is 0.267 e. The number of anilines is 2. The molecule has 0 aliphatic heterocycles. The molecule has 30 heavy (non-hydrogen) atoms. The molecular weight excluding hydrogens is 382 g/mol. The molecule has 0 aliphatic rings. The lowest BCUT2D eigenvalue weighted by Gasteiger charge is -2.12. The summed E-state index contributed by atoms with van der Waals surface area (Å²) in [6.45, 7) is 6.63. The molecule has 0 atom stereocenters. The number of pyridine rings is 2. The molecule has 8 heteroatoms. The van der Waals surface area contributed by atoms with E-state index in [1.807, 2.05) is 51.1 Å². The van der Waals surface area contributed by atoms with Gasteiger partial charge in [-0.1, -0.05) is 6.07 Å². The SMILES string of the molecule is CCOCc1nc(Nc2ccc(C)c(-c3cc4cnc(C)cc4n(C)c3=O)c2)no1. The molecule has 0 bridgehead atoms. The van der Waals surface area contributed by atoms with Crippen molar-refractivity contribution in [3.63, 3.8) is 0 Å². The predicted octanol–water partition coefficient (Wildman–Crippen LogP) is 3.88. The number of nitrogens with one attached hydrogen (secondary N) is 1. The van der Waals surface area contributed by atoms with Crippen LogP contribution >= 0.6 is 0 Å². The molecule has 0 aliphatic carbocycles. The lowest BCUT2D eigenvalue weighted by atomic mass is 9.99. The molecule has 4 rings (SSSR count). The van der Waals surface area contributed by atoms with Crippen LogP contribution in [0, 0.1) is 13.8 Å². The van der Waals surface area contributed by atoms with Gasteiger partial charge in [-0.05, 0) is 61.3 Å². The van der Waals surface area contributed by atoms with Crippen molar-refractivity contribution in [2.75, 3.05) is 11.9 Å². The van der Waals surface area contributed by atoms with Crippen LogP contribution in [-0.2, 0) is 18.4 Å². The molecular formula is C22H23N5O3.